The van der Waals surface area contributed by atoms with E-state index in [-0.39, 0.29) is 10.9 Å². The summed E-state index contributed by atoms with van der Waals surface area (Å²) in [5.41, 5.74) is 0.959. The number of aryl methyl sites for hydroxylation is 2. The molecule has 0 amide bonds. The maximum atomic E-state index is 13.4. The molecule has 8 heteroatoms. The molecule has 1 aromatic heterocycles. The first-order valence-electron chi connectivity index (χ1n) is 7.76. The normalized spacial score (nSPS) is 18.0. The first-order chi connectivity index (χ1) is 11.3. The molecule has 130 valence electrons. The Kier molecular flexibility index (Phi) is 4.72. The van der Waals surface area contributed by atoms with Crippen LogP contribution in [-0.4, -0.2) is 24.8 Å². The van der Waals surface area contributed by atoms with Gasteiger partial charge in [0.1, 0.15) is 0 Å². The van der Waals surface area contributed by atoms with E-state index in [0.717, 1.165) is 53.0 Å². The highest BCUT2D eigenvalue weighted by molar-refractivity contribution is 7.89. The molecule has 1 aliphatic rings. The number of sulfonamides is 1. The van der Waals surface area contributed by atoms with Crippen LogP contribution >= 0.6 is 11.3 Å². The minimum absolute atomic E-state index is 0.240. The van der Waals surface area contributed by atoms with Gasteiger partial charge in [0.15, 0.2) is 11.6 Å². The highest BCUT2D eigenvalue weighted by Gasteiger charge is 2.34. The van der Waals surface area contributed by atoms with Crippen LogP contribution in [0.4, 0.5) is 8.78 Å². The molecule has 0 fully saturated rings. The van der Waals surface area contributed by atoms with Gasteiger partial charge in [0.05, 0.1) is 21.6 Å². The molecule has 4 nitrogen and oxygen atoms in total. The monoisotopic (exact) mass is 372 g/mol. The third-order valence-corrected chi connectivity index (χ3v) is 7.48. The van der Waals surface area contributed by atoms with E-state index in [1.165, 1.54) is 22.7 Å². The smallest absolute Gasteiger partial charge is 0.243 e. The lowest BCUT2D eigenvalue weighted by molar-refractivity contribution is 0.341. The lowest BCUT2D eigenvalue weighted by Crippen LogP contribution is -2.33. The summed E-state index contributed by atoms with van der Waals surface area (Å²) in [6, 6.07) is 2.35. The second kappa shape index (κ2) is 6.50. The van der Waals surface area contributed by atoms with Crippen molar-refractivity contribution >= 4 is 21.4 Å². The van der Waals surface area contributed by atoms with Crippen molar-refractivity contribution in [3.8, 4) is 0 Å². The summed E-state index contributed by atoms with van der Waals surface area (Å²) in [7, 11) is -2.42. The largest absolute Gasteiger partial charge is 0.246 e. The minimum atomic E-state index is -3.91. The van der Waals surface area contributed by atoms with Gasteiger partial charge < -0.3 is 0 Å². The molecule has 0 saturated carbocycles. The van der Waals surface area contributed by atoms with Crippen LogP contribution in [0.2, 0.25) is 0 Å². The molecule has 0 N–H and O–H groups in total. The summed E-state index contributed by atoms with van der Waals surface area (Å²) in [6.45, 7) is 2.01. The maximum Gasteiger partial charge on any atom is 0.243 e. The van der Waals surface area contributed by atoms with E-state index in [2.05, 4.69) is 4.98 Å². The SMILES string of the molecule is CCc1nc2c(s1)C(N(C)S(=O)(=O)c1ccc(F)c(F)c1)CCC2. The van der Waals surface area contributed by atoms with Crippen molar-refractivity contribution in [3.05, 3.63) is 45.4 Å². The summed E-state index contributed by atoms with van der Waals surface area (Å²) in [6.07, 6.45) is 3.20. The predicted octanol–water partition coefficient (Wildman–Crippen LogP) is 3.68. The van der Waals surface area contributed by atoms with Crippen LogP contribution in [-0.2, 0) is 22.9 Å². The first kappa shape index (κ1) is 17.4. The van der Waals surface area contributed by atoms with Gasteiger partial charge in [-0.15, -0.1) is 11.3 Å². The molecule has 2 aromatic rings. The fourth-order valence-corrected chi connectivity index (χ4v) is 5.59. The number of hydrogen-bond donors (Lipinski definition) is 0. The number of benzene rings is 1. The number of fused-ring (bicyclic) bond motifs is 1. The number of rotatable bonds is 4. The summed E-state index contributed by atoms with van der Waals surface area (Å²) in [5, 5.41) is 0.991. The van der Waals surface area contributed by atoms with Gasteiger partial charge in [-0.2, -0.15) is 4.31 Å². The Morgan fingerprint density at radius 2 is 2.08 bits per heavy atom. The quantitative estimate of drug-likeness (QED) is 0.823. The van der Waals surface area contributed by atoms with E-state index in [0.29, 0.717) is 6.42 Å². The Hall–Kier alpha value is -1.38. The molecule has 0 saturated heterocycles. The Morgan fingerprint density at radius 3 is 2.75 bits per heavy atom. The highest BCUT2D eigenvalue weighted by Crippen LogP contribution is 2.39. The molecular weight excluding hydrogens is 354 g/mol. The molecule has 0 bridgehead atoms. The Morgan fingerprint density at radius 1 is 1.33 bits per heavy atom. The zero-order chi connectivity index (χ0) is 17.5. The van der Waals surface area contributed by atoms with Crippen molar-refractivity contribution in [2.24, 2.45) is 0 Å². The van der Waals surface area contributed by atoms with Crippen molar-refractivity contribution in [3.63, 3.8) is 0 Å². The topological polar surface area (TPSA) is 50.3 Å². The molecule has 1 atom stereocenters. The van der Waals surface area contributed by atoms with Crippen molar-refractivity contribution in [1.82, 2.24) is 9.29 Å². The van der Waals surface area contributed by atoms with E-state index in [1.54, 1.807) is 0 Å². The predicted molar refractivity (Wildman–Crippen MR) is 88.5 cm³/mol. The summed E-state index contributed by atoms with van der Waals surface area (Å²) in [5.74, 6) is -2.23. The lowest BCUT2D eigenvalue weighted by Gasteiger charge is -2.30. The van der Waals surface area contributed by atoms with E-state index in [1.807, 2.05) is 6.92 Å². The van der Waals surface area contributed by atoms with Crippen molar-refractivity contribution < 1.29 is 17.2 Å². The Balaban J connectivity index is 1.98. The number of nitrogens with zero attached hydrogens (tertiary/aromatic N) is 2. The first-order valence-corrected chi connectivity index (χ1v) is 10.0. The van der Waals surface area contributed by atoms with Gasteiger partial charge in [-0.05, 0) is 43.9 Å². The number of hydrogen-bond acceptors (Lipinski definition) is 4. The summed E-state index contributed by atoms with van der Waals surface area (Å²) < 4.78 is 53.4. The van der Waals surface area contributed by atoms with Crippen molar-refractivity contribution in [2.75, 3.05) is 7.05 Å². The summed E-state index contributed by atoms with van der Waals surface area (Å²) >= 11 is 1.54. The van der Waals surface area contributed by atoms with Gasteiger partial charge in [0.25, 0.3) is 0 Å². The van der Waals surface area contributed by atoms with Crippen LogP contribution in [0.25, 0.3) is 0 Å². The van der Waals surface area contributed by atoms with Gasteiger partial charge in [0.2, 0.25) is 10.0 Å². The summed E-state index contributed by atoms with van der Waals surface area (Å²) in [4.78, 5) is 5.29. The van der Waals surface area contributed by atoms with Gasteiger partial charge in [-0.3, -0.25) is 0 Å². The Labute approximate surface area is 144 Å². The number of halogens is 2. The van der Waals surface area contributed by atoms with Gasteiger partial charge in [-0.1, -0.05) is 6.92 Å². The van der Waals surface area contributed by atoms with Gasteiger partial charge in [0, 0.05) is 11.9 Å². The third-order valence-electron chi connectivity index (χ3n) is 4.28. The van der Waals surface area contributed by atoms with E-state index < -0.39 is 21.7 Å². The zero-order valence-corrected chi connectivity index (χ0v) is 15.1. The van der Waals surface area contributed by atoms with E-state index in [4.69, 9.17) is 0 Å². The third kappa shape index (κ3) is 2.98. The average Bonchev–Trinajstić information content (AvgIpc) is 2.99. The van der Waals surface area contributed by atoms with Crippen LogP contribution in [0.1, 0.15) is 41.4 Å². The zero-order valence-electron chi connectivity index (χ0n) is 13.4. The maximum absolute atomic E-state index is 13.4. The van der Waals surface area contributed by atoms with E-state index in [9.17, 15) is 17.2 Å². The molecule has 0 radical (unpaired) electrons. The fourth-order valence-electron chi connectivity index (χ4n) is 2.92. The molecule has 0 aliphatic heterocycles. The molecule has 24 heavy (non-hydrogen) atoms. The molecule has 1 heterocycles. The van der Waals surface area contributed by atoms with Crippen LogP contribution in [0.5, 0.6) is 0 Å². The van der Waals surface area contributed by atoms with Crippen LogP contribution in [0.3, 0.4) is 0 Å². The average molecular weight is 372 g/mol. The number of aromatic nitrogens is 1. The molecule has 1 unspecified atom stereocenters. The fraction of sp³-hybridized carbons (Fsp3) is 0.438. The lowest BCUT2D eigenvalue weighted by atomic mass is 9.98. The van der Waals surface area contributed by atoms with Gasteiger partial charge >= 0.3 is 0 Å². The minimum Gasteiger partial charge on any atom is -0.246 e. The second-order valence-electron chi connectivity index (χ2n) is 5.78. The molecular formula is C16H18F2N2O2S2. The standard InChI is InChI=1S/C16H18F2N2O2S2/c1-3-15-19-13-5-4-6-14(16(13)23-15)20(2)24(21,22)10-7-8-11(17)12(18)9-10/h7-9,14H,3-6H2,1-2H3. The molecule has 1 aromatic carbocycles. The molecule has 0 spiro atoms. The van der Waals surface area contributed by atoms with Crippen LogP contribution in [0, 0.1) is 11.6 Å². The van der Waals surface area contributed by atoms with Crippen molar-refractivity contribution in [1.29, 1.82) is 0 Å². The van der Waals surface area contributed by atoms with Crippen molar-refractivity contribution in [2.45, 2.75) is 43.5 Å². The van der Waals surface area contributed by atoms with E-state index >= 15 is 0 Å². The van der Waals surface area contributed by atoms with Crippen LogP contribution in [0.15, 0.2) is 23.1 Å². The van der Waals surface area contributed by atoms with Gasteiger partial charge in [-0.25, -0.2) is 22.2 Å². The molecule has 3 rings (SSSR count). The highest BCUT2D eigenvalue weighted by atomic mass is 32.2. The Bertz CT molecular complexity index is 865. The molecule has 1 aliphatic carbocycles. The number of thiazole rings is 1. The second-order valence-corrected chi connectivity index (χ2v) is 8.89. The van der Waals surface area contributed by atoms with Crippen LogP contribution < -0.4 is 0 Å².